The summed E-state index contributed by atoms with van der Waals surface area (Å²) < 4.78 is 29.5. The summed E-state index contributed by atoms with van der Waals surface area (Å²) in [7, 11) is -3.41. The molecule has 2 rings (SSSR count). The maximum absolute atomic E-state index is 12.9. The van der Waals surface area contributed by atoms with Gasteiger partial charge in [0.1, 0.15) is 4.90 Å². The minimum atomic E-state index is -3.41. The first-order valence-corrected chi connectivity index (χ1v) is 9.39. The third-order valence-electron chi connectivity index (χ3n) is 4.28. The number of aromatic nitrogens is 1. The second-order valence-electron chi connectivity index (χ2n) is 5.71. The van der Waals surface area contributed by atoms with E-state index in [0.29, 0.717) is 18.0 Å². The summed E-state index contributed by atoms with van der Waals surface area (Å²) in [5, 5.41) is 0. The highest BCUT2D eigenvalue weighted by Crippen LogP contribution is 2.29. The first-order valence-electron chi connectivity index (χ1n) is 7.95. The topological polar surface area (TPSA) is 68.3 Å². The molecule has 0 aromatic carbocycles. The Kier molecular flexibility index (Phi) is 5.46. The molecule has 1 fully saturated rings. The van der Waals surface area contributed by atoms with E-state index in [1.54, 1.807) is 16.6 Å². The maximum Gasteiger partial charge on any atom is 0.244 e. The maximum atomic E-state index is 12.9. The van der Waals surface area contributed by atoms with Gasteiger partial charge < -0.3 is 10.3 Å². The van der Waals surface area contributed by atoms with Crippen molar-refractivity contribution in [2.24, 2.45) is 5.73 Å². The lowest BCUT2D eigenvalue weighted by molar-refractivity contribution is 0.335. The molecule has 1 heterocycles. The van der Waals surface area contributed by atoms with Gasteiger partial charge in [0.15, 0.2) is 0 Å². The fourth-order valence-electron chi connectivity index (χ4n) is 3.24. The molecule has 1 aromatic rings. The number of aryl methyl sites for hydroxylation is 1. The molecule has 0 saturated heterocycles. The Morgan fingerprint density at radius 2 is 2.00 bits per heavy atom. The van der Waals surface area contributed by atoms with E-state index in [4.69, 9.17) is 5.73 Å². The molecular weight excluding hydrogens is 286 g/mol. The molecule has 21 heavy (non-hydrogen) atoms. The van der Waals surface area contributed by atoms with E-state index in [2.05, 4.69) is 6.92 Å². The zero-order chi connectivity index (χ0) is 15.5. The predicted octanol–water partition coefficient (Wildman–Crippen LogP) is 2.31. The summed E-state index contributed by atoms with van der Waals surface area (Å²) in [6.07, 6.45) is 6.92. The molecule has 120 valence electrons. The lowest BCUT2D eigenvalue weighted by Crippen LogP contribution is -2.38. The van der Waals surface area contributed by atoms with E-state index in [1.807, 2.05) is 11.5 Å². The van der Waals surface area contributed by atoms with E-state index in [9.17, 15) is 8.42 Å². The molecule has 2 N–H and O–H groups in total. The SMILES string of the molecule is CCCn1cc(S(=O)(=O)N(CC)C2CCCC2)cc1CN. The number of sulfonamides is 1. The number of rotatable bonds is 7. The zero-order valence-corrected chi connectivity index (χ0v) is 13.9. The molecule has 0 spiro atoms. The van der Waals surface area contributed by atoms with E-state index in [0.717, 1.165) is 44.3 Å². The Bertz CT molecular complexity index is 559. The standard InChI is InChI=1S/C15H27N3O2S/c1-3-9-17-12-15(10-14(17)11-16)21(19,20)18(4-2)13-7-5-6-8-13/h10,12-13H,3-9,11,16H2,1-2H3. The highest BCUT2D eigenvalue weighted by atomic mass is 32.2. The molecule has 6 heteroatoms. The van der Waals surface area contributed by atoms with Crippen LogP contribution in [0.1, 0.15) is 51.6 Å². The number of hydrogen-bond acceptors (Lipinski definition) is 3. The van der Waals surface area contributed by atoms with Crippen LogP contribution in [0, 0.1) is 0 Å². The smallest absolute Gasteiger partial charge is 0.244 e. The van der Waals surface area contributed by atoms with Crippen LogP contribution in [0.25, 0.3) is 0 Å². The molecule has 0 bridgehead atoms. The van der Waals surface area contributed by atoms with Crippen LogP contribution in [0.3, 0.4) is 0 Å². The minimum Gasteiger partial charge on any atom is -0.349 e. The third kappa shape index (κ3) is 3.33. The summed E-state index contributed by atoms with van der Waals surface area (Å²) in [6.45, 7) is 5.70. The molecule has 5 nitrogen and oxygen atoms in total. The van der Waals surface area contributed by atoms with Crippen molar-refractivity contribution in [3.8, 4) is 0 Å². The first-order chi connectivity index (χ1) is 10.0. The molecular formula is C15H27N3O2S. The van der Waals surface area contributed by atoms with Crippen LogP contribution in [0.2, 0.25) is 0 Å². The van der Waals surface area contributed by atoms with Crippen LogP contribution in [-0.4, -0.2) is 29.9 Å². The van der Waals surface area contributed by atoms with Gasteiger partial charge in [-0.2, -0.15) is 4.31 Å². The molecule has 0 unspecified atom stereocenters. The summed E-state index contributed by atoms with van der Waals surface area (Å²) in [5.41, 5.74) is 6.63. The molecule has 0 amide bonds. The number of hydrogen-bond donors (Lipinski definition) is 1. The van der Waals surface area contributed by atoms with Crippen molar-refractivity contribution in [2.75, 3.05) is 6.54 Å². The van der Waals surface area contributed by atoms with Crippen molar-refractivity contribution >= 4 is 10.0 Å². The van der Waals surface area contributed by atoms with Crippen LogP contribution < -0.4 is 5.73 Å². The third-order valence-corrected chi connectivity index (χ3v) is 6.28. The van der Waals surface area contributed by atoms with Crippen molar-refractivity contribution in [3.63, 3.8) is 0 Å². The molecule has 0 atom stereocenters. The van der Waals surface area contributed by atoms with E-state index in [-0.39, 0.29) is 6.04 Å². The van der Waals surface area contributed by atoms with Gasteiger partial charge in [-0.3, -0.25) is 0 Å². The highest BCUT2D eigenvalue weighted by molar-refractivity contribution is 7.89. The second-order valence-corrected chi connectivity index (χ2v) is 7.60. The van der Waals surface area contributed by atoms with E-state index in [1.165, 1.54) is 0 Å². The van der Waals surface area contributed by atoms with Crippen molar-refractivity contribution in [3.05, 3.63) is 18.0 Å². The van der Waals surface area contributed by atoms with Gasteiger partial charge in [-0.1, -0.05) is 26.7 Å². The van der Waals surface area contributed by atoms with Crippen molar-refractivity contribution < 1.29 is 8.42 Å². The van der Waals surface area contributed by atoms with Crippen molar-refractivity contribution in [2.45, 2.75) is 70.0 Å². The average molecular weight is 313 g/mol. The minimum absolute atomic E-state index is 0.163. The lowest BCUT2D eigenvalue weighted by Gasteiger charge is -2.26. The Labute approximate surface area is 128 Å². The summed E-state index contributed by atoms with van der Waals surface area (Å²) in [5.74, 6) is 0. The van der Waals surface area contributed by atoms with Crippen molar-refractivity contribution in [1.29, 1.82) is 0 Å². The van der Waals surface area contributed by atoms with Crippen LogP contribution in [0.5, 0.6) is 0 Å². The molecule has 1 aliphatic carbocycles. The number of nitrogens with two attached hydrogens (primary N) is 1. The quantitative estimate of drug-likeness (QED) is 0.840. The molecule has 0 aliphatic heterocycles. The predicted molar refractivity (Wildman–Crippen MR) is 84.4 cm³/mol. The molecule has 1 aromatic heterocycles. The fraction of sp³-hybridized carbons (Fsp3) is 0.733. The van der Waals surface area contributed by atoms with Gasteiger partial charge in [0, 0.05) is 37.6 Å². The van der Waals surface area contributed by atoms with Gasteiger partial charge in [-0.15, -0.1) is 0 Å². The van der Waals surface area contributed by atoms with Gasteiger partial charge in [-0.05, 0) is 25.3 Å². The molecule has 0 radical (unpaired) electrons. The molecule has 1 saturated carbocycles. The van der Waals surface area contributed by atoms with Gasteiger partial charge in [0.05, 0.1) is 0 Å². The first kappa shape index (κ1) is 16.5. The highest BCUT2D eigenvalue weighted by Gasteiger charge is 2.32. The average Bonchev–Trinajstić information content (AvgIpc) is 3.09. The van der Waals surface area contributed by atoms with Crippen molar-refractivity contribution in [1.82, 2.24) is 8.87 Å². The summed E-state index contributed by atoms with van der Waals surface area (Å²) in [6, 6.07) is 1.90. The normalized spacial score (nSPS) is 17.0. The Morgan fingerprint density at radius 3 is 2.52 bits per heavy atom. The lowest BCUT2D eigenvalue weighted by atomic mass is 10.2. The van der Waals surface area contributed by atoms with E-state index < -0.39 is 10.0 Å². The zero-order valence-electron chi connectivity index (χ0n) is 13.1. The van der Waals surface area contributed by atoms with E-state index >= 15 is 0 Å². The van der Waals surface area contributed by atoms with Crippen LogP contribution in [-0.2, 0) is 23.1 Å². The monoisotopic (exact) mass is 313 g/mol. The van der Waals surface area contributed by atoms with Crippen LogP contribution >= 0.6 is 0 Å². The Morgan fingerprint density at radius 1 is 1.33 bits per heavy atom. The number of nitrogens with zero attached hydrogens (tertiary/aromatic N) is 2. The Hall–Kier alpha value is -0.850. The van der Waals surface area contributed by atoms with Gasteiger partial charge in [-0.25, -0.2) is 8.42 Å². The Balaban J connectivity index is 2.33. The van der Waals surface area contributed by atoms with Crippen LogP contribution in [0.4, 0.5) is 0 Å². The second kappa shape index (κ2) is 6.94. The van der Waals surface area contributed by atoms with Crippen LogP contribution in [0.15, 0.2) is 17.2 Å². The van der Waals surface area contributed by atoms with Gasteiger partial charge in [0.25, 0.3) is 0 Å². The summed E-state index contributed by atoms with van der Waals surface area (Å²) >= 11 is 0. The van der Waals surface area contributed by atoms with Gasteiger partial charge in [0.2, 0.25) is 10.0 Å². The van der Waals surface area contributed by atoms with Gasteiger partial charge >= 0.3 is 0 Å². The summed E-state index contributed by atoms with van der Waals surface area (Å²) in [4.78, 5) is 0.394. The molecule has 1 aliphatic rings. The largest absolute Gasteiger partial charge is 0.349 e. The fourth-order valence-corrected chi connectivity index (χ4v) is 5.00.